The molecule has 0 aliphatic heterocycles. The van der Waals surface area contributed by atoms with Crippen molar-refractivity contribution in [1.82, 2.24) is 0 Å². The number of anilines is 1. The number of hydrogen-bond donors (Lipinski definition) is 0. The van der Waals surface area contributed by atoms with Gasteiger partial charge in [-0.25, -0.2) is 4.21 Å². The zero-order valence-electron chi connectivity index (χ0n) is 15.7. The molecule has 0 saturated carbocycles. The van der Waals surface area contributed by atoms with Gasteiger partial charge in [0.2, 0.25) is 0 Å². The van der Waals surface area contributed by atoms with Crippen LogP contribution in [0.15, 0.2) is 81.0 Å². The van der Waals surface area contributed by atoms with E-state index in [0.717, 1.165) is 5.56 Å². The summed E-state index contributed by atoms with van der Waals surface area (Å²) in [4.78, 5) is 25.8. The lowest BCUT2D eigenvalue weighted by Crippen LogP contribution is -2.27. The zero-order valence-corrected chi connectivity index (χ0v) is 18.1. The molecule has 1 atom stereocenters. The SMILES string of the molecule is Cc1ccccc1N(C)C(=O)c1ccc(S(=O)c2ccccc2Br)c([N+](=O)[O-])c1. The predicted molar refractivity (Wildman–Crippen MR) is 116 cm³/mol. The Hall–Kier alpha value is -2.84. The minimum atomic E-state index is -1.78. The van der Waals surface area contributed by atoms with E-state index in [9.17, 15) is 19.1 Å². The number of amides is 1. The average Bonchev–Trinajstić information content (AvgIpc) is 2.72. The molecule has 3 rings (SSSR count). The maximum atomic E-state index is 13.0. The van der Waals surface area contributed by atoms with Crippen molar-refractivity contribution in [3.63, 3.8) is 0 Å². The van der Waals surface area contributed by atoms with Crippen LogP contribution < -0.4 is 4.90 Å². The van der Waals surface area contributed by atoms with E-state index < -0.39 is 15.7 Å². The van der Waals surface area contributed by atoms with Crippen LogP contribution in [0.4, 0.5) is 11.4 Å². The third-order valence-electron chi connectivity index (χ3n) is 4.42. The minimum Gasteiger partial charge on any atom is -0.311 e. The second-order valence-electron chi connectivity index (χ2n) is 6.29. The average molecular weight is 473 g/mol. The Morgan fingerprint density at radius 3 is 2.34 bits per heavy atom. The lowest BCUT2D eigenvalue weighted by atomic mass is 10.1. The van der Waals surface area contributed by atoms with Gasteiger partial charge in [0.15, 0.2) is 0 Å². The molecule has 3 aromatic carbocycles. The van der Waals surface area contributed by atoms with Gasteiger partial charge in [0.1, 0.15) is 4.90 Å². The molecule has 3 aromatic rings. The van der Waals surface area contributed by atoms with Crippen LogP contribution in [0.25, 0.3) is 0 Å². The van der Waals surface area contributed by atoms with Crippen LogP contribution in [0, 0.1) is 17.0 Å². The molecular weight excluding hydrogens is 456 g/mol. The van der Waals surface area contributed by atoms with Crippen molar-refractivity contribution < 1.29 is 13.9 Å². The van der Waals surface area contributed by atoms with Gasteiger partial charge in [-0.2, -0.15) is 0 Å². The smallest absolute Gasteiger partial charge is 0.286 e. The first kappa shape index (κ1) is 20.9. The fourth-order valence-electron chi connectivity index (χ4n) is 2.91. The standard InChI is InChI=1S/C21H17BrN2O4S/c1-14-7-3-5-9-17(14)23(2)21(25)15-11-12-20(18(13-15)24(26)27)29(28)19-10-6-4-8-16(19)22/h3-13H,1-2H3. The van der Waals surface area contributed by atoms with E-state index in [2.05, 4.69) is 15.9 Å². The first-order chi connectivity index (χ1) is 13.8. The second kappa shape index (κ2) is 8.67. The maximum absolute atomic E-state index is 13.0. The predicted octanol–water partition coefficient (Wildman–Crippen LogP) is 5.11. The van der Waals surface area contributed by atoms with Crippen molar-refractivity contribution in [3.05, 3.63) is 92.4 Å². The number of carbonyl (C=O) groups excluding carboxylic acids is 1. The highest BCUT2D eigenvalue weighted by atomic mass is 79.9. The Kier molecular flexibility index (Phi) is 6.24. The quantitative estimate of drug-likeness (QED) is 0.381. The molecule has 0 aromatic heterocycles. The first-order valence-electron chi connectivity index (χ1n) is 8.59. The van der Waals surface area contributed by atoms with E-state index >= 15 is 0 Å². The van der Waals surface area contributed by atoms with E-state index in [1.54, 1.807) is 37.4 Å². The fourth-order valence-corrected chi connectivity index (χ4v) is 4.83. The summed E-state index contributed by atoms with van der Waals surface area (Å²) in [6.07, 6.45) is 0. The molecule has 0 bridgehead atoms. The molecule has 0 heterocycles. The number of nitro benzene ring substituents is 1. The molecule has 29 heavy (non-hydrogen) atoms. The van der Waals surface area contributed by atoms with Gasteiger partial charge in [0.25, 0.3) is 11.6 Å². The highest BCUT2D eigenvalue weighted by molar-refractivity contribution is 9.10. The Morgan fingerprint density at radius 2 is 1.69 bits per heavy atom. The zero-order chi connectivity index (χ0) is 21.1. The van der Waals surface area contributed by atoms with Crippen LogP contribution in [0.5, 0.6) is 0 Å². The number of nitrogens with zero attached hydrogens (tertiary/aromatic N) is 2. The van der Waals surface area contributed by atoms with E-state index in [4.69, 9.17) is 0 Å². The van der Waals surface area contributed by atoms with Crippen molar-refractivity contribution in [3.8, 4) is 0 Å². The Bertz CT molecular complexity index is 1130. The molecule has 1 unspecified atom stereocenters. The van der Waals surface area contributed by atoms with Crippen LogP contribution in [0.1, 0.15) is 15.9 Å². The van der Waals surface area contributed by atoms with Crippen molar-refractivity contribution in [2.75, 3.05) is 11.9 Å². The van der Waals surface area contributed by atoms with Crippen LogP contribution >= 0.6 is 15.9 Å². The van der Waals surface area contributed by atoms with E-state index in [-0.39, 0.29) is 22.1 Å². The summed E-state index contributed by atoms with van der Waals surface area (Å²) in [7, 11) is -0.161. The molecule has 0 fully saturated rings. The molecule has 148 valence electrons. The van der Waals surface area contributed by atoms with Gasteiger partial charge in [0.05, 0.1) is 20.6 Å². The number of hydrogen-bond acceptors (Lipinski definition) is 4. The van der Waals surface area contributed by atoms with Crippen LogP contribution in [0.3, 0.4) is 0 Å². The minimum absolute atomic E-state index is 0.0389. The number of nitro groups is 1. The third kappa shape index (κ3) is 4.28. The highest BCUT2D eigenvalue weighted by Gasteiger charge is 2.25. The normalized spacial score (nSPS) is 11.7. The van der Waals surface area contributed by atoms with Gasteiger partial charge in [0, 0.05) is 28.8 Å². The highest BCUT2D eigenvalue weighted by Crippen LogP contribution is 2.31. The van der Waals surface area contributed by atoms with Gasteiger partial charge >= 0.3 is 0 Å². The third-order valence-corrected chi connectivity index (χ3v) is 6.87. The van der Waals surface area contributed by atoms with E-state index in [1.807, 2.05) is 25.1 Å². The summed E-state index contributed by atoms with van der Waals surface area (Å²) >= 11 is 3.32. The molecular formula is C21H17BrN2O4S. The summed E-state index contributed by atoms with van der Waals surface area (Å²) < 4.78 is 13.5. The molecule has 0 aliphatic rings. The lowest BCUT2D eigenvalue weighted by Gasteiger charge is -2.19. The molecule has 0 spiro atoms. The maximum Gasteiger partial charge on any atom is 0.286 e. The van der Waals surface area contributed by atoms with E-state index in [0.29, 0.717) is 15.1 Å². The Labute approximate surface area is 178 Å². The van der Waals surface area contributed by atoms with Gasteiger partial charge < -0.3 is 4.90 Å². The van der Waals surface area contributed by atoms with Crippen LogP contribution in [-0.4, -0.2) is 22.1 Å². The summed E-state index contributed by atoms with van der Waals surface area (Å²) in [6, 6.07) is 18.2. The number of benzene rings is 3. The topological polar surface area (TPSA) is 80.5 Å². The molecule has 0 aliphatic carbocycles. The van der Waals surface area contributed by atoms with Crippen LogP contribution in [-0.2, 0) is 10.8 Å². The first-order valence-corrected chi connectivity index (χ1v) is 10.5. The monoisotopic (exact) mass is 472 g/mol. The van der Waals surface area contributed by atoms with Gasteiger partial charge in [-0.15, -0.1) is 0 Å². The summed E-state index contributed by atoms with van der Waals surface area (Å²) in [5.74, 6) is -0.388. The van der Waals surface area contributed by atoms with Gasteiger partial charge in [-0.1, -0.05) is 30.3 Å². The van der Waals surface area contributed by atoms with Gasteiger partial charge in [-0.05, 0) is 58.7 Å². The fraction of sp³-hybridized carbons (Fsp3) is 0.0952. The van der Waals surface area contributed by atoms with Crippen molar-refractivity contribution in [1.29, 1.82) is 0 Å². The molecule has 0 N–H and O–H groups in total. The van der Waals surface area contributed by atoms with Crippen molar-refractivity contribution >= 4 is 44.0 Å². The Morgan fingerprint density at radius 1 is 1.03 bits per heavy atom. The second-order valence-corrected chi connectivity index (χ2v) is 8.56. The van der Waals surface area contributed by atoms with E-state index in [1.165, 1.54) is 23.1 Å². The molecule has 0 radical (unpaired) electrons. The molecule has 0 saturated heterocycles. The number of para-hydroxylation sites is 1. The summed E-state index contributed by atoms with van der Waals surface area (Å²) in [5.41, 5.74) is 1.41. The molecule has 8 heteroatoms. The number of carbonyl (C=O) groups is 1. The summed E-state index contributed by atoms with van der Waals surface area (Å²) in [6.45, 7) is 1.88. The number of aryl methyl sites for hydroxylation is 1. The van der Waals surface area contributed by atoms with Crippen molar-refractivity contribution in [2.24, 2.45) is 0 Å². The number of rotatable bonds is 5. The summed E-state index contributed by atoms with van der Waals surface area (Å²) in [5, 5.41) is 11.6. The number of halogens is 1. The largest absolute Gasteiger partial charge is 0.311 e. The molecule has 1 amide bonds. The van der Waals surface area contributed by atoms with Crippen LogP contribution in [0.2, 0.25) is 0 Å². The Balaban J connectivity index is 2.01. The lowest BCUT2D eigenvalue weighted by molar-refractivity contribution is -0.387. The van der Waals surface area contributed by atoms with Gasteiger partial charge in [-0.3, -0.25) is 14.9 Å². The van der Waals surface area contributed by atoms with Crippen molar-refractivity contribution in [2.45, 2.75) is 16.7 Å². The molecule has 6 nitrogen and oxygen atoms in total.